The van der Waals surface area contributed by atoms with E-state index in [1.54, 1.807) is 0 Å². The molecule has 0 heterocycles. The molecule has 0 saturated heterocycles. The molecule has 0 radical (unpaired) electrons. The lowest BCUT2D eigenvalue weighted by molar-refractivity contribution is 0.0320. The van der Waals surface area contributed by atoms with Gasteiger partial charge in [-0.3, -0.25) is 0 Å². The molecule has 1 aromatic carbocycles. The molecule has 98 valence electrons. The number of benzene rings is 1. The van der Waals surface area contributed by atoms with E-state index in [1.165, 1.54) is 24.3 Å². The molecule has 2 atom stereocenters. The van der Waals surface area contributed by atoms with Crippen LogP contribution in [-0.2, 0) is 9.84 Å². The lowest BCUT2D eigenvalue weighted by Gasteiger charge is -2.16. The Morgan fingerprint density at radius 2 is 1.89 bits per heavy atom. The summed E-state index contributed by atoms with van der Waals surface area (Å²) in [5.41, 5.74) is -1.42. The third-order valence-corrected chi connectivity index (χ3v) is 3.36. The van der Waals surface area contributed by atoms with E-state index in [0.717, 1.165) is 6.26 Å². The van der Waals surface area contributed by atoms with E-state index in [9.17, 15) is 18.6 Å². The molecule has 1 rings (SSSR count). The third kappa shape index (κ3) is 4.00. The summed E-state index contributed by atoms with van der Waals surface area (Å²) in [4.78, 5) is 0. The quantitative estimate of drug-likeness (QED) is 0.758. The van der Waals surface area contributed by atoms with E-state index in [-0.39, 0.29) is 6.61 Å². The van der Waals surface area contributed by atoms with Crippen molar-refractivity contribution in [3.8, 4) is 11.8 Å². The van der Waals surface area contributed by atoms with Crippen molar-refractivity contribution in [3.05, 3.63) is 29.8 Å². The Kier molecular flexibility index (Phi) is 4.67. The minimum Gasteiger partial charge on any atom is -0.491 e. The highest BCUT2D eigenvalue weighted by Crippen LogP contribution is 2.12. The molecular formula is C11H13NO5S. The topological polar surface area (TPSA) is 108 Å². The van der Waals surface area contributed by atoms with Gasteiger partial charge < -0.3 is 14.9 Å². The number of hydrogen-bond donors (Lipinski definition) is 2. The Labute approximate surface area is 105 Å². The van der Waals surface area contributed by atoms with E-state index in [1.807, 2.05) is 6.07 Å². The maximum atomic E-state index is 11.0. The van der Waals surface area contributed by atoms with Crippen molar-refractivity contribution < 1.29 is 23.4 Å². The maximum Gasteiger partial charge on any atom is 0.184 e. The average molecular weight is 271 g/mol. The number of hydrogen-bond acceptors (Lipinski definition) is 6. The zero-order valence-corrected chi connectivity index (χ0v) is 10.5. The van der Waals surface area contributed by atoms with Crippen molar-refractivity contribution in [1.29, 1.82) is 5.26 Å². The highest BCUT2D eigenvalue weighted by molar-refractivity contribution is 7.91. The molecule has 0 saturated carbocycles. The van der Waals surface area contributed by atoms with Crippen molar-refractivity contribution in [1.82, 2.24) is 0 Å². The molecular weight excluding hydrogens is 258 g/mol. The Morgan fingerprint density at radius 1 is 1.33 bits per heavy atom. The summed E-state index contributed by atoms with van der Waals surface area (Å²) in [6, 6.07) is 8.00. The molecule has 0 aromatic heterocycles. The van der Waals surface area contributed by atoms with Gasteiger partial charge in [-0.2, -0.15) is 5.26 Å². The predicted molar refractivity (Wildman–Crippen MR) is 63.5 cm³/mol. The molecule has 0 aliphatic heterocycles. The zero-order valence-electron chi connectivity index (χ0n) is 9.65. The SMILES string of the molecule is CS(=O)(=O)C(O)[C@H](O)COc1ccc(C#N)cc1. The summed E-state index contributed by atoms with van der Waals surface area (Å²) in [6.07, 6.45) is -0.710. The van der Waals surface area contributed by atoms with Crippen LogP contribution in [0.5, 0.6) is 5.75 Å². The number of nitriles is 1. The van der Waals surface area contributed by atoms with Crippen molar-refractivity contribution in [2.24, 2.45) is 0 Å². The van der Waals surface area contributed by atoms with Crippen LogP contribution in [0.25, 0.3) is 0 Å². The monoisotopic (exact) mass is 271 g/mol. The second-order valence-electron chi connectivity index (χ2n) is 3.73. The van der Waals surface area contributed by atoms with Gasteiger partial charge in [-0.05, 0) is 24.3 Å². The molecule has 18 heavy (non-hydrogen) atoms. The van der Waals surface area contributed by atoms with Gasteiger partial charge >= 0.3 is 0 Å². The molecule has 0 fully saturated rings. The molecule has 0 spiro atoms. The second-order valence-corrected chi connectivity index (χ2v) is 5.88. The Balaban J connectivity index is 2.57. The van der Waals surface area contributed by atoms with Gasteiger partial charge in [-0.25, -0.2) is 8.42 Å². The number of aliphatic hydroxyl groups excluding tert-OH is 2. The summed E-state index contributed by atoms with van der Waals surface area (Å²) in [5.74, 6) is 0.369. The lowest BCUT2D eigenvalue weighted by Crippen LogP contribution is -2.37. The molecule has 2 N–H and O–H groups in total. The first-order valence-corrected chi connectivity index (χ1v) is 6.98. The van der Waals surface area contributed by atoms with Crippen LogP contribution in [0.1, 0.15) is 5.56 Å². The molecule has 0 aliphatic carbocycles. The maximum absolute atomic E-state index is 11.0. The predicted octanol–water partition coefficient (Wildman–Crippen LogP) is -0.339. The van der Waals surface area contributed by atoms with Gasteiger partial charge in [0.05, 0.1) is 11.6 Å². The van der Waals surface area contributed by atoms with Crippen LogP contribution >= 0.6 is 0 Å². The minimum atomic E-state index is -3.73. The first-order valence-electron chi connectivity index (χ1n) is 5.02. The second kappa shape index (κ2) is 5.82. The Bertz CT molecular complexity index is 532. The summed E-state index contributed by atoms with van der Waals surface area (Å²) in [7, 11) is -3.73. The number of nitrogens with zero attached hydrogens (tertiary/aromatic N) is 1. The summed E-state index contributed by atoms with van der Waals surface area (Å²) < 4.78 is 27.0. The molecule has 7 heteroatoms. The normalized spacial score (nSPS) is 14.6. The van der Waals surface area contributed by atoms with E-state index in [4.69, 9.17) is 10.00 Å². The van der Waals surface area contributed by atoms with Gasteiger partial charge in [-0.15, -0.1) is 0 Å². The van der Waals surface area contributed by atoms with Crippen LogP contribution in [0.15, 0.2) is 24.3 Å². The highest BCUT2D eigenvalue weighted by Gasteiger charge is 2.26. The van der Waals surface area contributed by atoms with Crippen molar-refractivity contribution in [3.63, 3.8) is 0 Å². The number of sulfone groups is 1. The smallest absolute Gasteiger partial charge is 0.184 e. The molecule has 0 bridgehead atoms. The summed E-state index contributed by atoms with van der Waals surface area (Å²) in [5, 5.41) is 27.2. The first-order chi connectivity index (χ1) is 8.34. The largest absolute Gasteiger partial charge is 0.491 e. The Hall–Kier alpha value is -1.62. The minimum absolute atomic E-state index is 0.361. The number of rotatable bonds is 5. The van der Waals surface area contributed by atoms with Crippen molar-refractivity contribution in [2.75, 3.05) is 12.9 Å². The van der Waals surface area contributed by atoms with Crippen LogP contribution in [-0.4, -0.2) is 43.0 Å². The van der Waals surface area contributed by atoms with Gasteiger partial charge in [0.25, 0.3) is 0 Å². The van der Waals surface area contributed by atoms with Crippen LogP contribution in [0, 0.1) is 11.3 Å². The molecule has 0 amide bonds. The van der Waals surface area contributed by atoms with Crippen LogP contribution in [0.4, 0.5) is 0 Å². The lowest BCUT2D eigenvalue weighted by atomic mass is 10.2. The fourth-order valence-electron chi connectivity index (χ4n) is 1.17. The van der Waals surface area contributed by atoms with E-state index >= 15 is 0 Å². The first kappa shape index (κ1) is 14.4. The zero-order chi connectivity index (χ0) is 13.8. The van der Waals surface area contributed by atoms with Gasteiger partial charge in [0.15, 0.2) is 15.3 Å². The standard InChI is InChI=1S/C11H13NO5S/c1-18(15,16)11(14)10(13)7-17-9-4-2-8(6-12)3-5-9/h2-5,10-11,13-14H,7H2,1H3/t10-,11?/m1/s1. The van der Waals surface area contributed by atoms with E-state index in [0.29, 0.717) is 11.3 Å². The molecule has 0 aliphatic rings. The van der Waals surface area contributed by atoms with Crippen LogP contribution < -0.4 is 4.74 Å². The van der Waals surface area contributed by atoms with E-state index in [2.05, 4.69) is 0 Å². The van der Waals surface area contributed by atoms with Crippen LogP contribution in [0.3, 0.4) is 0 Å². The third-order valence-electron chi connectivity index (χ3n) is 2.17. The molecule has 6 nitrogen and oxygen atoms in total. The molecule has 1 unspecified atom stereocenters. The fraction of sp³-hybridized carbons (Fsp3) is 0.364. The van der Waals surface area contributed by atoms with Gasteiger partial charge in [-0.1, -0.05) is 0 Å². The van der Waals surface area contributed by atoms with E-state index < -0.39 is 21.4 Å². The van der Waals surface area contributed by atoms with Crippen LogP contribution in [0.2, 0.25) is 0 Å². The van der Waals surface area contributed by atoms with Crippen molar-refractivity contribution >= 4 is 9.84 Å². The van der Waals surface area contributed by atoms with Crippen molar-refractivity contribution in [2.45, 2.75) is 11.5 Å². The summed E-state index contributed by atoms with van der Waals surface area (Å²) in [6.45, 7) is -0.361. The number of ether oxygens (including phenoxy) is 1. The van der Waals surface area contributed by atoms with Gasteiger partial charge in [0.1, 0.15) is 18.5 Å². The molecule has 1 aromatic rings. The average Bonchev–Trinajstić information content (AvgIpc) is 2.34. The fourth-order valence-corrected chi connectivity index (χ4v) is 1.82. The summed E-state index contributed by atoms with van der Waals surface area (Å²) >= 11 is 0. The van der Waals surface area contributed by atoms with Gasteiger partial charge in [0.2, 0.25) is 0 Å². The number of aliphatic hydroxyl groups is 2. The van der Waals surface area contributed by atoms with Gasteiger partial charge in [0, 0.05) is 6.26 Å². The Morgan fingerprint density at radius 3 is 2.33 bits per heavy atom. The highest BCUT2D eigenvalue weighted by atomic mass is 32.2.